The molecule has 4 heteroatoms. The average Bonchev–Trinajstić information content (AvgIpc) is 2.94. The molecule has 21 heavy (non-hydrogen) atoms. The number of aryl methyl sites for hydroxylation is 1. The van der Waals surface area contributed by atoms with Gasteiger partial charge in [-0.1, -0.05) is 36.7 Å². The van der Waals surface area contributed by atoms with E-state index >= 15 is 0 Å². The Morgan fingerprint density at radius 1 is 1.24 bits per heavy atom. The summed E-state index contributed by atoms with van der Waals surface area (Å²) in [7, 11) is 0. The van der Waals surface area contributed by atoms with Crippen molar-refractivity contribution in [1.82, 2.24) is 15.1 Å². The van der Waals surface area contributed by atoms with Gasteiger partial charge in [-0.25, -0.2) is 0 Å². The molecule has 1 heterocycles. The summed E-state index contributed by atoms with van der Waals surface area (Å²) in [4.78, 5) is 0. The first kappa shape index (κ1) is 16.1. The largest absolute Gasteiger partial charge is 0.313 e. The molecule has 0 radical (unpaired) electrons. The molecule has 0 amide bonds. The van der Waals surface area contributed by atoms with Crippen molar-refractivity contribution in [1.29, 1.82) is 0 Å². The van der Waals surface area contributed by atoms with Gasteiger partial charge < -0.3 is 5.32 Å². The highest BCUT2D eigenvalue weighted by atomic mass is 35.5. The topological polar surface area (TPSA) is 29.9 Å². The summed E-state index contributed by atoms with van der Waals surface area (Å²) in [5.41, 5.74) is 2.48. The van der Waals surface area contributed by atoms with Crippen LogP contribution < -0.4 is 5.32 Å². The summed E-state index contributed by atoms with van der Waals surface area (Å²) in [6.45, 7) is 6.23. The average molecular weight is 306 g/mol. The molecule has 0 aliphatic rings. The molecule has 0 fully saturated rings. The molecule has 3 nitrogen and oxygen atoms in total. The van der Waals surface area contributed by atoms with E-state index in [0.29, 0.717) is 6.04 Å². The van der Waals surface area contributed by atoms with E-state index in [9.17, 15) is 0 Å². The molecular weight excluding hydrogens is 282 g/mol. The maximum Gasteiger partial charge on any atom is 0.0522 e. The molecule has 1 aromatic heterocycles. The third kappa shape index (κ3) is 4.87. The third-order valence-electron chi connectivity index (χ3n) is 3.60. The summed E-state index contributed by atoms with van der Waals surface area (Å²) in [5, 5.41) is 8.83. The summed E-state index contributed by atoms with van der Waals surface area (Å²) >= 11 is 6.29. The van der Waals surface area contributed by atoms with Crippen molar-refractivity contribution in [3.05, 3.63) is 52.8 Å². The maximum atomic E-state index is 6.29. The fourth-order valence-electron chi connectivity index (χ4n) is 2.46. The zero-order valence-electron chi connectivity index (χ0n) is 12.8. The summed E-state index contributed by atoms with van der Waals surface area (Å²) in [5.74, 6) is 0. The Labute approximate surface area is 132 Å². The monoisotopic (exact) mass is 305 g/mol. The van der Waals surface area contributed by atoms with Gasteiger partial charge in [0.15, 0.2) is 0 Å². The van der Waals surface area contributed by atoms with Crippen LogP contribution in [0.3, 0.4) is 0 Å². The molecule has 0 bridgehead atoms. The first-order chi connectivity index (χ1) is 10.2. The van der Waals surface area contributed by atoms with Crippen molar-refractivity contribution in [2.24, 2.45) is 0 Å². The first-order valence-electron chi connectivity index (χ1n) is 7.71. The number of rotatable bonds is 8. The van der Waals surface area contributed by atoms with Gasteiger partial charge in [0.1, 0.15) is 0 Å². The molecular formula is C17H24ClN3. The van der Waals surface area contributed by atoms with Crippen LogP contribution in [0.5, 0.6) is 0 Å². The van der Waals surface area contributed by atoms with Gasteiger partial charge in [0.2, 0.25) is 0 Å². The van der Waals surface area contributed by atoms with Gasteiger partial charge in [-0.05, 0) is 49.9 Å². The van der Waals surface area contributed by atoms with Crippen molar-refractivity contribution in [2.75, 3.05) is 6.54 Å². The molecule has 2 aromatic rings. The van der Waals surface area contributed by atoms with E-state index in [1.807, 2.05) is 29.1 Å². The molecule has 0 saturated carbocycles. The molecule has 0 aliphatic carbocycles. The van der Waals surface area contributed by atoms with Gasteiger partial charge in [0.05, 0.1) is 6.20 Å². The van der Waals surface area contributed by atoms with Crippen LogP contribution in [0.25, 0.3) is 0 Å². The number of hydrogen-bond donors (Lipinski definition) is 1. The molecule has 1 atom stereocenters. The smallest absolute Gasteiger partial charge is 0.0522 e. The molecule has 1 aromatic carbocycles. The lowest BCUT2D eigenvalue weighted by atomic mass is 10.0. The molecule has 0 aliphatic heterocycles. The van der Waals surface area contributed by atoms with Crippen LogP contribution in [0.1, 0.15) is 31.4 Å². The predicted octanol–water partition coefficient (Wildman–Crippen LogP) is 3.71. The number of aromatic nitrogens is 2. The van der Waals surface area contributed by atoms with Crippen LogP contribution in [0.15, 0.2) is 36.7 Å². The van der Waals surface area contributed by atoms with Crippen LogP contribution in [0, 0.1) is 0 Å². The Bertz CT molecular complexity index is 550. The second-order valence-corrected chi connectivity index (χ2v) is 5.76. The number of halogens is 1. The quantitative estimate of drug-likeness (QED) is 0.806. The van der Waals surface area contributed by atoms with Crippen molar-refractivity contribution >= 4 is 11.6 Å². The summed E-state index contributed by atoms with van der Waals surface area (Å²) in [6.07, 6.45) is 7.15. The number of nitrogens with one attached hydrogen (secondary N) is 1. The lowest BCUT2D eigenvalue weighted by molar-refractivity contribution is 0.504. The number of benzene rings is 1. The van der Waals surface area contributed by atoms with Crippen molar-refractivity contribution in [3.8, 4) is 0 Å². The molecule has 1 unspecified atom stereocenters. The van der Waals surface area contributed by atoms with E-state index in [0.717, 1.165) is 37.4 Å². The number of hydrogen-bond acceptors (Lipinski definition) is 2. The highest BCUT2D eigenvalue weighted by Crippen LogP contribution is 2.18. The maximum absolute atomic E-state index is 6.29. The van der Waals surface area contributed by atoms with Gasteiger partial charge in [0.25, 0.3) is 0 Å². The van der Waals surface area contributed by atoms with E-state index in [4.69, 9.17) is 11.6 Å². The molecule has 0 saturated heterocycles. The SMILES string of the molecule is CCCNC(Cc1cnn(CC)c1)Cc1ccccc1Cl. The summed E-state index contributed by atoms with van der Waals surface area (Å²) in [6, 6.07) is 8.49. The van der Waals surface area contributed by atoms with Crippen molar-refractivity contribution in [2.45, 2.75) is 45.7 Å². The van der Waals surface area contributed by atoms with Gasteiger partial charge in [-0.15, -0.1) is 0 Å². The Morgan fingerprint density at radius 3 is 2.71 bits per heavy atom. The normalized spacial score (nSPS) is 12.5. The minimum Gasteiger partial charge on any atom is -0.313 e. The highest BCUT2D eigenvalue weighted by molar-refractivity contribution is 6.31. The molecule has 1 N–H and O–H groups in total. The van der Waals surface area contributed by atoms with Crippen LogP contribution >= 0.6 is 11.6 Å². The van der Waals surface area contributed by atoms with Gasteiger partial charge in [0, 0.05) is 23.8 Å². The second-order valence-electron chi connectivity index (χ2n) is 5.35. The Hall–Kier alpha value is -1.32. The number of nitrogens with zero attached hydrogens (tertiary/aromatic N) is 2. The van der Waals surface area contributed by atoms with Crippen LogP contribution in [0.4, 0.5) is 0 Å². The van der Waals surface area contributed by atoms with Crippen molar-refractivity contribution < 1.29 is 0 Å². The second kappa shape index (κ2) is 8.20. The molecule has 114 valence electrons. The van der Waals surface area contributed by atoms with Crippen LogP contribution in [-0.2, 0) is 19.4 Å². The minimum absolute atomic E-state index is 0.388. The Morgan fingerprint density at radius 2 is 2.05 bits per heavy atom. The zero-order chi connectivity index (χ0) is 15.1. The first-order valence-corrected chi connectivity index (χ1v) is 8.08. The molecule has 2 rings (SSSR count). The Kier molecular flexibility index (Phi) is 6.27. The summed E-state index contributed by atoms with van der Waals surface area (Å²) < 4.78 is 1.97. The fraction of sp³-hybridized carbons (Fsp3) is 0.471. The van der Waals surface area contributed by atoms with Gasteiger partial charge in [-0.3, -0.25) is 4.68 Å². The van der Waals surface area contributed by atoms with Crippen LogP contribution in [0.2, 0.25) is 5.02 Å². The lowest BCUT2D eigenvalue weighted by Crippen LogP contribution is -2.33. The standard InChI is InChI=1S/C17H24ClN3/c1-3-9-19-16(10-14-12-20-21(4-2)13-14)11-15-7-5-6-8-17(15)18/h5-8,12-13,16,19H,3-4,9-11H2,1-2H3. The Balaban J connectivity index is 2.05. The minimum atomic E-state index is 0.388. The zero-order valence-corrected chi connectivity index (χ0v) is 13.6. The van der Waals surface area contributed by atoms with Gasteiger partial charge >= 0.3 is 0 Å². The predicted molar refractivity (Wildman–Crippen MR) is 88.8 cm³/mol. The van der Waals surface area contributed by atoms with E-state index in [1.54, 1.807) is 0 Å². The lowest BCUT2D eigenvalue weighted by Gasteiger charge is -2.18. The van der Waals surface area contributed by atoms with E-state index in [1.165, 1.54) is 11.1 Å². The van der Waals surface area contributed by atoms with Gasteiger partial charge in [-0.2, -0.15) is 5.10 Å². The van der Waals surface area contributed by atoms with E-state index in [-0.39, 0.29) is 0 Å². The highest BCUT2D eigenvalue weighted by Gasteiger charge is 2.13. The fourth-order valence-corrected chi connectivity index (χ4v) is 2.68. The van der Waals surface area contributed by atoms with E-state index in [2.05, 4.69) is 36.5 Å². The van der Waals surface area contributed by atoms with E-state index < -0.39 is 0 Å². The molecule has 0 spiro atoms. The third-order valence-corrected chi connectivity index (χ3v) is 3.97. The van der Waals surface area contributed by atoms with Crippen molar-refractivity contribution in [3.63, 3.8) is 0 Å². The van der Waals surface area contributed by atoms with Crippen LogP contribution in [-0.4, -0.2) is 22.4 Å².